The van der Waals surface area contributed by atoms with Crippen molar-refractivity contribution in [1.29, 1.82) is 0 Å². The van der Waals surface area contributed by atoms with Gasteiger partial charge in [0, 0.05) is 23.7 Å². The van der Waals surface area contributed by atoms with E-state index in [0.29, 0.717) is 11.9 Å². The average Bonchev–Trinajstić information content (AvgIpc) is 3.36. The van der Waals surface area contributed by atoms with Crippen LogP contribution in [0.2, 0.25) is 0 Å². The molecule has 1 atom stereocenters. The van der Waals surface area contributed by atoms with Gasteiger partial charge in [-0.3, -0.25) is 0 Å². The number of rotatable bonds is 6. The number of nitrogens with zero attached hydrogens (tertiary/aromatic N) is 2. The maximum Gasteiger partial charge on any atom is 0.225 e. The van der Waals surface area contributed by atoms with Crippen molar-refractivity contribution in [2.45, 2.75) is 45.6 Å². The molecule has 1 heterocycles. The summed E-state index contributed by atoms with van der Waals surface area (Å²) in [6, 6.07) is 8.17. The molecule has 5 nitrogen and oxygen atoms in total. The van der Waals surface area contributed by atoms with Crippen molar-refractivity contribution < 1.29 is 5.11 Å². The van der Waals surface area contributed by atoms with Crippen molar-refractivity contribution >= 4 is 17.5 Å². The van der Waals surface area contributed by atoms with Crippen LogP contribution >= 0.6 is 0 Å². The number of aliphatic hydroxyl groups excluding tert-OH is 1. The highest BCUT2D eigenvalue weighted by Crippen LogP contribution is 2.40. The standard InChI is InChI=1S/C18H24N4O/c1-11-5-4-6-15(13(11)3)20-17-9-16(14-7-8-14)21-18(22-17)19-12(2)10-23/h4-6,9,12,14,23H,7-8,10H2,1-3H3,(H2,19,20,21,22)/t12-/m1/s1. The van der Waals surface area contributed by atoms with Gasteiger partial charge in [0.15, 0.2) is 0 Å². The summed E-state index contributed by atoms with van der Waals surface area (Å²) in [5.74, 6) is 1.91. The maximum absolute atomic E-state index is 9.22. The van der Waals surface area contributed by atoms with Gasteiger partial charge in [0.05, 0.1) is 12.3 Å². The van der Waals surface area contributed by atoms with Crippen molar-refractivity contribution in [3.05, 3.63) is 41.1 Å². The molecule has 0 saturated heterocycles. The topological polar surface area (TPSA) is 70.1 Å². The van der Waals surface area contributed by atoms with E-state index in [1.807, 2.05) is 19.1 Å². The van der Waals surface area contributed by atoms with E-state index in [2.05, 4.69) is 46.6 Å². The normalized spacial score (nSPS) is 15.3. The highest BCUT2D eigenvalue weighted by Gasteiger charge is 2.26. The van der Waals surface area contributed by atoms with Crippen LogP contribution in [0.25, 0.3) is 0 Å². The van der Waals surface area contributed by atoms with Gasteiger partial charge in [0.25, 0.3) is 0 Å². The van der Waals surface area contributed by atoms with Crippen LogP contribution in [0.5, 0.6) is 0 Å². The van der Waals surface area contributed by atoms with Crippen molar-refractivity contribution in [3.63, 3.8) is 0 Å². The quantitative estimate of drug-likeness (QED) is 0.761. The molecule has 1 aromatic heterocycles. The molecule has 1 aliphatic carbocycles. The number of benzene rings is 1. The zero-order valence-electron chi connectivity index (χ0n) is 13.9. The van der Waals surface area contributed by atoms with E-state index in [9.17, 15) is 5.11 Å². The minimum Gasteiger partial charge on any atom is -0.394 e. The van der Waals surface area contributed by atoms with Crippen LogP contribution in [-0.2, 0) is 0 Å². The Morgan fingerprint density at radius 3 is 2.74 bits per heavy atom. The van der Waals surface area contributed by atoms with E-state index in [0.717, 1.165) is 17.2 Å². The van der Waals surface area contributed by atoms with Gasteiger partial charge in [-0.05, 0) is 50.8 Å². The van der Waals surface area contributed by atoms with Gasteiger partial charge >= 0.3 is 0 Å². The molecular weight excluding hydrogens is 288 g/mol. The number of aliphatic hydroxyl groups is 1. The Morgan fingerprint density at radius 2 is 2.04 bits per heavy atom. The fourth-order valence-corrected chi connectivity index (χ4v) is 2.47. The number of anilines is 3. The van der Waals surface area contributed by atoms with Crippen LogP contribution < -0.4 is 10.6 Å². The maximum atomic E-state index is 9.22. The Kier molecular flexibility index (Phi) is 4.48. The largest absolute Gasteiger partial charge is 0.394 e. The Bertz CT molecular complexity index is 697. The molecule has 0 amide bonds. The molecule has 122 valence electrons. The highest BCUT2D eigenvalue weighted by molar-refractivity contribution is 5.63. The zero-order chi connectivity index (χ0) is 16.4. The zero-order valence-corrected chi connectivity index (χ0v) is 13.9. The monoisotopic (exact) mass is 312 g/mol. The van der Waals surface area contributed by atoms with E-state index in [1.54, 1.807) is 0 Å². The van der Waals surface area contributed by atoms with Crippen molar-refractivity contribution in [1.82, 2.24) is 9.97 Å². The van der Waals surface area contributed by atoms with Gasteiger partial charge in [-0.15, -0.1) is 0 Å². The third kappa shape index (κ3) is 3.79. The third-order valence-electron chi connectivity index (χ3n) is 4.26. The fourth-order valence-electron chi connectivity index (χ4n) is 2.47. The summed E-state index contributed by atoms with van der Waals surface area (Å²) in [4.78, 5) is 9.14. The van der Waals surface area contributed by atoms with Gasteiger partial charge in [0.1, 0.15) is 5.82 Å². The van der Waals surface area contributed by atoms with E-state index < -0.39 is 0 Å². The van der Waals surface area contributed by atoms with Crippen LogP contribution in [0.3, 0.4) is 0 Å². The predicted molar refractivity (Wildman–Crippen MR) is 93.4 cm³/mol. The van der Waals surface area contributed by atoms with Gasteiger partial charge in [-0.2, -0.15) is 4.98 Å². The SMILES string of the molecule is Cc1cccc(Nc2cc(C3CC3)nc(N[C@H](C)CO)n2)c1C. The molecule has 0 bridgehead atoms. The lowest BCUT2D eigenvalue weighted by Crippen LogP contribution is -2.21. The number of aryl methyl sites for hydroxylation is 1. The number of aromatic nitrogens is 2. The van der Waals surface area contributed by atoms with Crippen LogP contribution in [0, 0.1) is 13.8 Å². The van der Waals surface area contributed by atoms with Gasteiger partial charge < -0.3 is 15.7 Å². The molecule has 1 aromatic carbocycles. The second-order valence-corrected chi connectivity index (χ2v) is 6.38. The predicted octanol–water partition coefficient (Wildman–Crippen LogP) is 3.51. The van der Waals surface area contributed by atoms with Crippen molar-refractivity contribution in [2.24, 2.45) is 0 Å². The van der Waals surface area contributed by atoms with E-state index >= 15 is 0 Å². The molecule has 1 fully saturated rings. The minimum absolute atomic E-state index is 0.0523. The molecule has 2 aromatic rings. The Morgan fingerprint density at radius 1 is 1.26 bits per heavy atom. The second-order valence-electron chi connectivity index (χ2n) is 6.38. The summed E-state index contributed by atoms with van der Waals surface area (Å²) in [5, 5.41) is 15.8. The first-order valence-electron chi connectivity index (χ1n) is 8.16. The molecule has 5 heteroatoms. The van der Waals surface area contributed by atoms with Gasteiger partial charge in [-0.25, -0.2) is 4.98 Å². The molecule has 0 radical (unpaired) electrons. The average molecular weight is 312 g/mol. The first-order valence-corrected chi connectivity index (χ1v) is 8.16. The summed E-state index contributed by atoms with van der Waals surface area (Å²) in [6.07, 6.45) is 2.38. The van der Waals surface area contributed by atoms with E-state index in [1.165, 1.54) is 24.0 Å². The number of hydrogen-bond acceptors (Lipinski definition) is 5. The van der Waals surface area contributed by atoms with Crippen LogP contribution in [-0.4, -0.2) is 27.7 Å². The first-order chi connectivity index (χ1) is 11.1. The van der Waals surface area contributed by atoms with Crippen LogP contribution in [0.4, 0.5) is 17.5 Å². The minimum atomic E-state index is -0.0713. The Hall–Kier alpha value is -2.14. The lowest BCUT2D eigenvalue weighted by molar-refractivity contribution is 0.281. The molecule has 23 heavy (non-hydrogen) atoms. The fraction of sp³-hybridized carbons (Fsp3) is 0.444. The lowest BCUT2D eigenvalue weighted by Gasteiger charge is -2.15. The summed E-state index contributed by atoms with van der Waals surface area (Å²) >= 11 is 0. The van der Waals surface area contributed by atoms with Gasteiger partial charge in [-0.1, -0.05) is 12.1 Å². The molecule has 0 aliphatic heterocycles. The lowest BCUT2D eigenvalue weighted by atomic mass is 10.1. The molecular formula is C18H24N4O. The molecule has 0 unspecified atom stereocenters. The number of nitrogens with one attached hydrogen (secondary N) is 2. The van der Waals surface area contributed by atoms with Crippen LogP contribution in [0.1, 0.15) is 42.5 Å². The molecule has 3 rings (SSSR count). The summed E-state index contributed by atoms with van der Waals surface area (Å²) in [7, 11) is 0. The Balaban J connectivity index is 1.89. The summed E-state index contributed by atoms with van der Waals surface area (Å²) < 4.78 is 0. The molecule has 1 aliphatic rings. The first kappa shape index (κ1) is 15.7. The van der Waals surface area contributed by atoms with E-state index in [4.69, 9.17) is 0 Å². The van der Waals surface area contributed by atoms with Crippen LogP contribution in [0.15, 0.2) is 24.3 Å². The van der Waals surface area contributed by atoms with Crippen molar-refractivity contribution in [2.75, 3.05) is 17.2 Å². The van der Waals surface area contributed by atoms with Crippen molar-refractivity contribution in [3.8, 4) is 0 Å². The highest BCUT2D eigenvalue weighted by atomic mass is 16.3. The third-order valence-corrected chi connectivity index (χ3v) is 4.26. The van der Waals surface area contributed by atoms with E-state index in [-0.39, 0.29) is 12.6 Å². The molecule has 3 N–H and O–H groups in total. The molecule has 0 spiro atoms. The summed E-state index contributed by atoms with van der Waals surface area (Å²) in [5.41, 5.74) is 4.60. The van der Waals surface area contributed by atoms with Gasteiger partial charge in [0.2, 0.25) is 5.95 Å². The smallest absolute Gasteiger partial charge is 0.225 e. The number of hydrogen-bond donors (Lipinski definition) is 3. The Labute approximate surface area is 137 Å². The summed E-state index contributed by atoms with van der Waals surface area (Å²) in [6.45, 7) is 6.17. The molecule has 1 saturated carbocycles. The second kappa shape index (κ2) is 6.54.